The Morgan fingerprint density at radius 1 is 1.10 bits per heavy atom. The third kappa shape index (κ3) is 4.76. The van der Waals surface area contributed by atoms with Gasteiger partial charge in [0.05, 0.1) is 11.1 Å². The van der Waals surface area contributed by atoms with Crippen molar-refractivity contribution in [3.05, 3.63) is 29.3 Å². The summed E-state index contributed by atoms with van der Waals surface area (Å²) in [5, 5.41) is 0. The fourth-order valence-electron chi connectivity index (χ4n) is 1.50. The Hall–Kier alpha value is -1.51. The van der Waals surface area contributed by atoms with Crippen LogP contribution in [-0.2, 0) is 12.4 Å². The zero-order valence-electron chi connectivity index (χ0n) is 10.7. The molecule has 0 spiro atoms. The molecule has 1 unspecified atom stereocenters. The molecule has 1 aromatic carbocycles. The van der Waals surface area contributed by atoms with Gasteiger partial charge in [-0.15, -0.1) is 0 Å². The van der Waals surface area contributed by atoms with Gasteiger partial charge in [-0.3, -0.25) is 0 Å². The van der Waals surface area contributed by atoms with Crippen molar-refractivity contribution in [2.24, 2.45) is 5.73 Å². The van der Waals surface area contributed by atoms with Crippen LogP contribution in [0.5, 0.6) is 5.75 Å². The van der Waals surface area contributed by atoms with Crippen LogP contribution in [-0.4, -0.2) is 11.1 Å². The average Bonchev–Trinajstić information content (AvgIpc) is 2.33. The molecule has 0 saturated heterocycles. The van der Waals surface area contributed by atoms with E-state index in [0.717, 1.165) is 0 Å². The molecular formula is C12H11F6NOS. The highest BCUT2D eigenvalue weighted by atomic mass is 32.1. The molecule has 0 fully saturated rings. The summed E-state index contributed by atoms with van der Waals surface area (Å²) in [5.74, 6) is -0.586. The monoisotopic (exact) mass is 331 g/mol. The summed E-state index contributed by atoms with van der Waals surface area (Å²) < 4.78 is 80.9. The van der Waals surface area contributed by atoms with Gasteiger partial charge in [0.2, 0.25) is 0 Å². The van der Waals surface area contributed by atoms with E-state index in [1.54, 1.807) is 6.92 Å². The summed E-state index contributed by atoms with van der Waals surface area (Å²) in [6.45, 7) is 1.59. The van der Waals surface area contributed by atoms with Gasteiger partial charge in [-0.25, -0.2) is 0 Å². The molecule has 1 aromatic rings. The molecule has 0 amide bonds. The largest absolute Gasteiger partial charge is 0.483 e. The number of alkyl halides is 6. The summed E-state index contributed by atoms with van der Waals surface area (Å²) >= 11 is 4.64. The fourth-order valence-corrected chi connectivity index (χ4v) is 1.72. The molecule has 1 rings (SSSR count). The van der Waals surface area contributed by atoms with Crippen LogP contribution >= 0.6 is 12.2 Å². The highest BCUT2D eigenvalue weighted by Crippen LogP contribution is 2.38. The maximum atomic E-state index is 12.6. The maximum absolute atomic E-state index is 12.6. The Labute approximate surface area is 121 Å². The Morgan fingerprint density at radius 2 is 1.52 bits per heavy atom. The van der Waals surface area contributed by atoms with Crippen LogP contribution in [0.25, 0.3) is 0 Å². The number of halogens is 6. The molecule has 0 saturated carbocycles. The zero-order valence-corrected chi connectivity index (χ0v) is 11.5. The molecule has 21 heavy (non-hydrogen) atoms. The van der Waals surface area contributed by atoms with Gasteiger partial charge in [0.1, 0.15) is 16.8 Å². The van der Waals surface area contributed by atoms with E-state index < -0.39 is 35.3 Å². The van der Waals surface area contributed by atoms with Gasteiger partial charge in [0.25, 0.3) is 0 Å². The minimum Gasteiger partial charge on any atom is -0.483 e. The first kappa shape index (κ1) is 17.5. The van der Waals surface area contributed by atoms with Gasteiger partial charge < -0.3 is 10.5 Å². The SMILES string of the molecule is CCC(Oc1cc(C(F)(F)F)cc(C(F)(F)F)c1)C(N)=S. The van der Waals surface area contributed by atoms with Crippen molar-refractivity contribution < 1.29 is 31.1 Å². The van der Waals surface area contributed by atoms with Crippen molar-refractivity contribution in [2.75, 3.05) is 0 Å². The van der Waals surface area contributed by atoms with E-state index in [4.69, 9.17) is 10.5 Å². The smallest absolute Gasteiger partial charge is 0.416 e. The molecule has 9 heteroatoms. The quantitative estimate of drug-likeness (QED) is 0.664. The Balaban J connectivity index is 3.29. The van der Waals surface area contributed by atoms with E-state index in [2.05, 4.69) is 12.2 Å². The number of hydrogen-bond donors (Lipinski definition) is 1. The Morgan fingerprint density at radius 3 is 1.81 bits per heavy atom. The molecule has 2 nitrogen and oxygen atoms in total. The van der Waals surface area contributed by atoms with Crippen molar-refractivity contribution in [1.82, 2.24) is 0 Å². The van der Waals surface area contributed by atoms with Crippen molar-refractivity contribution in [1.29, 1.82) is 0 Å². The molecule has 0 aliphatic heterocycles. The lowest BCUT2D eigenvalue weighted by Gasteiger charge is -2.19. The number of ether oxygens (including phenoxy) is 1. The first-order chi connectivity index (χ1) is 9.45. The van der Waals surface area contributed by atoms with Gasteiger partial charge in [-0.2, -0.15) is 26.3 Å². The number of benzene rings is 1. The standard InChI is InChI=1S/C12H11F6NOS/c1-2-9(10(19)21)20-8-4-6(11(13,14)15)3-7(5-8)12(16,17)18/h3-5,9H,2H2,1H3,(H2,19,21). The number of rotatable bonds is 4. The van der Waals surface area contributed by atoms with Crippen LogP contribution < -0.4 is 10.5 Å². The molecule has 0 bridgehead atoms. The summed E-state index contributed by atoms with van der Waals surface area (Å²) in [4.78, 5) is -0.150. The normalized spacial score (nSPS) is 13.9. The second-order valence-corrected chi connectivity index (χ2v) is 4.63. The van der Waals surface area contributed by atoms with E-state index in [0.29, 0.717) is 12.1 Å². The molecule has 1 atom stereocenters. The second-order valence-electron chi connectivity index (χ2n) is 4.16. The van der Waals surface area contributed by atoms with E-state index in [9.17, 15) is 26.3 Å². The third-order valence-corrected chi connectivity index (χ3v) is 2.79. The van der Waals surface area contributed by atoms with Crippen LogP contribution in [0.2, 0.25) is 0 Å². The van der Waals surface area contributed by atoms with Crippen LogP contribution in [0.3, 0.4) is 0 Å². The average molecular weight is 331 g/mol. The predicted molar refractivity (Wildman–Crippen MR) is 67.9 cm³/mol. The van der Waals surface area contributed by atoms with Gasteiger partial charge in [0.15, 0.2) is 0 Å². The molecule has 0 heterocycles. The lowest BCUT2D eigenvalue weighted by atomic mass is 10.1. The topological polar surface area (TPSA) is 35.2 Å². The highest BCUT2D eigenvalue weighted by Gasteiger charge is 2.37. The first-order valence-electron chi connectivity index (χ1n) is 5.70. The highest BCUT2D eigenvalue weighted by molar-refractivity contribution is 7.80. The van der Waals surface area contributed by atoms with Crippen molar-refractivity contribution in [2.45, 2.75) is 31.8 Å². The summed E-state index contributed by atoms with van der Waals surface area (Å²) in [6.07, 6.45) is -10.6. The molecule has 118 valence electrons. The molecule has 0 radical (unpaired) electrons. The third-order valence-electron chi connectivity index (χ3n) is 2.53. The van der Waals surface area contributed by atoms with Crippen LogP contribution in [0, 0.1) is 0 Å². The zero-order chi connectivity index (χ0) is 16.4. The van der Waals surface area contributed by atoms with Crippen molar-refractivity contribution >= 4 is 17.2 Å². The van der Waals surface area contributed by atoms with Crippen LogP contribution in [0.4, 0.5) is 26.3 Å². The minimum absolute atomic E-state index is 0.0224. The van der Waals surface area contributed by atoms with E-state index >= 15 is 0 Å². The van der Waals surface area contributed by atoms with E-state index in [1.165, 1.54) is 0 Å². The molecular weight excluding hydrogens is 320 g/mol. The minimum atomic E-state index is -4.93. The van der Waals surface area contributed by atoms with Gasteiger partial charge >= 0.3 is 12.4 Å². The molecule has 2 N–H and O–H groups in total. The van der Waals surface area contributed by atoms with Crippen molar-refractivity contribution in [3.8, 4) is 5.75 Å². The Kier molecular flexibility index (Phi) is 5.08. The Bertz CT molecular complexity index is 493. The second kappa shape index (κ2) is 6.08. The maximum Gasteiger partial charge on any atom is 0.416 e. The summed E-state index contributed by atoms with van der Waals surface area (Å²) in [6, 6.07) is 0.987. The molecule has 0 aliphatic carbocycles. The number of hydrogen-bond acceptors (Lipinski definition) is 2. The van der Waals surface area contributed by atoms with E-state index in [-0.39, 0.29) is 17.5 Å². The van der Waals surface area contributed by atoms with Crippen LogP contribution in [0.15, 0.2) is 18.2 Å². The number of nitrogens with two attached hydrogens (primary N) is 1. The van der Waals surface area contributed by atoms with Crippen molar-refractivity contribution in [3.63, 3.8) is 0 Å². The molecule has 0 aliphatic rings. The molecule has 0 aromatic heterocycles. The summed E-state index contributed by atoms with van der Waals surface area (Å²) in [5.41, 5.74) is 2.40. The first-order valence-corrected chi connectivity index (χ1v) is 6.11. The fraction of sp³-hybridized carbons (Fsp3) is 0.417. The van der Waals surface area contributed by atoms with E-state index in [1.807, 2.05) is 0 Å². The lowest BCUT2D eigenvalue weighted by molar-refractivity contribution is -0.143. The summed E-state index contributed by atoms with van der Waals surface area (Å²) in [7, 11) is 0. The lowest BCUT2D eigenvalue weighted by Crippen LogP contribution is -2.31. The van der Waals surface area contributed by atoms with Gasteiger partial charge in [-0.1, -0.05) is 19.1 Å². The van der Waals surface area contributed by atoms with Crippen LogP contribution in [0.1, 0.15) is 24.5 Å². The predicted octanol–water partition coefficient (Wildman–Crippen LogP) is 4.17. The van der Waals surface area contributed by atoms with Gasteiger partial charge in [-0.05, 0) is 24.6 Å². The van der Waals surface area contributed by atoms with Gasteiger partial charge in [0, 0.05) is 0 Å². The number of thiocarbonyl (C=S) groups is 1.